The molecule has 184 valence electrons. The number of hydrogen-bond donors (Lipinski definition) is 1. The summed E-state index contributed by atoms with van der Waals surface area (Å²) in [5.41, 5.74) is 2.65. The Hall–Kier alpha value is -2.41. The maximum absolute atomic E-state index is 13.2. The van der Waals surface area contributed by atoms with Crippen LogP contribution in [0, 0.1) is 12.8 Å². The summed E-state index contributed by atoms with van der Waals surface area (Å²) in [7, 11) is 0. The van der Waals surface area contributed by atoms with E-state index in [0.717, 1.165) is 50.2 Å². The van der Waals surface area contributed by atoms with Crippen molar-refractivity contribution in [3.63, 3.8) is 0 Å². The maximum Gasteiger partial charge on any atom is 0.255 e. The number of piperidine rings is 1. The lowest BCUT2D eigenvalue weighted by molar-refractivity contribution is -0.165. The average Bonchev–Trinajstić information content (AvgIpc) is 2.81. The van der Waals surface area contributed by atoms with Crippen molar-refractivity contribution in [1.29, 1.82) is 0 Å². The third kappa shape index (κ3) is 5.98. The highest BCUT2D eigenvalue weighted by molar-refractivity contribution is 5.94. The van der Waals surface area contributed by atoms with Crippen LogP contribution in [-0.2, 0) is 11.3 Å². The second-order valence-corrected chi connectivity index (χ2v) is 10.2. The zero-order valence-electron chi connectivity index (χ0n) is 20.7. The Balaban J connectivity index is 1.41. The monoisotopic (exact) mass is 466 g/mol. The quantitative estimate of drug-likeness (QED) is 0.661. The van der Waals surface area contributed by atoms with Gasteiger partial charge in [0.25, 0.3) is 5.91 Å². The molecule has 2 saturated heterocycles. The number of hydrogen-bond acceptors (Lipinski definition) is 5. The molecule has 2 atom stereocenters. The summed E-state index contributed by atoms with van der Waals surface area (Å²) in [6.07, 6.45) is 2.61. The van der Waals surface area contributed by atoms with Crippen molar-refractivity contribution in [1.82, 2.24) is 9.80 Å². The van der Waals surface area contributed by atoms with Crippen LogP contribution in [0.5, 0.6) is 5.75 Å². The molecule has 0 radical (unpaired) electrons. The van der Waals surface area contributed by atoms with Gasteiger partial charge in [-0.05, 0) is 75.3 Å². The van der Waals surface area contributed by atoms with Crippen LogP contribution in [0.2, 0.25) is 0 Å². The molecular weight excluding hydrogens is 428 g/mol. The van der Waals surface area contributed by atoms with Crippen LogP contribution in [0.4, 0.5) is 0 Å². The summed E-state index contributed by atoms with van der Waals surface area (Å²) in [6, 6.07) is 16.1. The van der Waals surface area contributed by atoms with Gasteiger partial charge in [-0.1, -0.05) is 30.3 Å². The minimum Gasteiger partial charge on any atom is -0.491 e. The molecule has 2 aliphatic rings. The van der Waals surface area contributed by atoms with E-state index in [4.69, 9.17) is 9.47 Å². The minimum atomic E-state index is -0.269. The summed E-state index contributed by atoms with van der Waals surface area (Å²) in [5, 5.41) is 9.59. The number of amides is 1. The fourth-order valence-electron chi connectivity index (χ4n) is 5.32. The summed E-state index contributed by atoms with van der Waals surface area (Å²) in [4.78, 5) is 17.4. The SMILES string of the molecule is Cc1cc(C(=O)N2CCC3(CC(CCO)CN(Cc4ccccc4)C3)OC2)ccc1OC(C)C. The second kappa shape index (κ2) is 10.9. The number of rotatable bonds is 7. The van der Waals surface area contributed by atoms with E-state index < -0.39 is 0 Å². The normalized spacial score (nSPS) is 23.4. The number of nitrogens with zero attached hydrogens (tertiary/aromatic N) is 2. The average molecular weight is 467 g/mol. The summed E-state index contributed by atoms with van der Waals surface area (Å²) in [6.45, 7) is 9.83. The molecule has 1 spiro atoms. The summed E-state index contributed by atoms with van der Waals surface area (Å²) < 4.78 is 12.3. The zero-order chi connectivity index (χ0) is 24.1. The Morgan fingerprint density at radius 1 is 1.24 bits per heavy atom. The lowest BCUT2D eigenvalue weighted by atomic mass is 9.80. The molecule has 6 heteroatoms. The lowest BCUT2D eigenvalue weighted by Gasteiger charge is -2.50. The van der Waals surface area contributed by atoms with Gasteiger partial charge in [-0.25, -0.2) is 0 Å². The number of carbonyl (C=O) groups is 1. The predicted octanol–water partition coefficient (Wildman–Crippen LogP) is 4.25. The molecule has 2 aromatic carbocycles. The molecule has 1 N–H and O–H groups in total. The highest BCUT2D eigenvalue weighted by atomic mass is 16.5. The Morgan fingerprint density at radius 2 is 2.03 bits per heavy atom. The first kappa shape index (κ1) is 24.7. The second-order valence-electron chi connectivity index (χ2n) is 10.2. The molecule has 0 saturated carbocycles. The van der Waals surface area contributed by atoms with E-state index in [2.05, 4.69) is 29.2 Å². The van der Waals surface area contributed by atoms with Crippen LogP contribution in [0.15, 0.2) is 48.5 Å². The summed E-state index contributed by atoms with van der Waals surface area (Å²) in [5.74, 6) is 1.20. The highest BCUT2D eigenvalue weighted by Crippen LogP contribution is 2.37. The number of aliphatic hydroxyl groups is 1. The van der Waals surface area contributed by atoms with Crippen molar-refractivity contribution in [3.05, 3.63) is 65.2 Å². The molecule has 2 aliphatic heterocycles. The number of likely N-dealkylation sites (tertiary alicyclic amines) is 1. The van der Waals surface area contributed by atoms with Gasteiger partial charge in [0.1, 0.15) is 12.5 Å². The fourth-order valence-corrected chi connectivity index (χ4v) is 5.32. The molecule has 0 aromatic heterocycles. The van der Waals surface area contributed by atoms with Crippen molar-refractivity contribution in [3.8, 4) is 5.75 Å². The number of benzene rings is 2. The number of ether oxygens (including phenoxy) is 2. The molecule has 2 aromatic rings. The Labute approximate surface area is 203 Å². The van der Waals surface area contributed by atoms with Gasteiger partial charge in [0, 0.05) is 38.3 Å². The fraction of sp³-hybridized carbons (Fsp3) is 0.536. The minimum absolute atomic E-state index is 0.00194. The van der Waals surface area contributed by atoms with Crippen LogP contribution in [0.3, 0.4) is 0 Å². The molecule has 0 bridgehead atoms. The van der Waals surface area contributed by atoms with Crippen molar-refractivity contribution in [2.45, 2.75) is 58.3 Å². The van der Waals surface area contributed by atoms with Crippen LogP contribution in [0.25, 0.3) is 0 Å². The molecule has 6 nitrogen and oxygen atoms in total. The van der Waals surface area contributed by atoms with Gasteiger partial charge in [-0.15, -0.1) is 0 Å². The number of carbonyl (C=O) groups excluding carboxylic acids is 1. The van der Waals surface area contributed by atoms with Crippen LogP contribution >= 0.6 is 0 Å². The predicted molar refractivity (Wildman–Crippen MR) is 133 cm³/mol. The van der Waals surface area contributed by atoms with E-state index in [0.29, 0.717) is 24.8 Å². The first-order chi connectivity index (χ1) is 16.4. The first-order valence-electron chi connectivity index (χ1n) is 12.5. The van der Waals surface area contributed by atoms with Crippen molar-refractivity contribution >= 4 is 5.91 Å². The molecule has 2 fully saturated rings. The summed E-state index contributed by atoms with van der Waals surface area (Å²) >= 11 is 0. The Kier molecular flexibility index (Phi) is 7.91. The molecule has 1 amide bonds. The topological polar surface area (TPSA) is 62.2 Å². The van der Waals surface area contributed by atoms with E-state index in [1.807, 2.05) is 45.0 Å². The third-order valence-corrected chi connectivity index (χ3v) is 6.91. The highest BCUT2D eigenvalue weighted by Gasteiger charge is 2.43. The standard InChI is InChI=1S/C28H38N2O4/c1-21(2)34-26-10-9-25(15-22(26)3)27(32)30-13-12-28(33-20-30)16-24(11-14-31)18-29(19-28)17-23-7-5-4-6-8-23/h4-10,15,21,24,31H,11-14,16-20H2,1-3H3. The number of aryl methyl sites for hydroxylation is 1. The zero-order valence-corrected chi connectivity index (χ0v) is 20.7. The van der Waals surface area contributed by atoms with Crippen molar-refractivity contribution in [2.75, 3.05) is 33.0 Å². The van der Waals surface area contributed by atoms with Gasteiger partial charge in [0.2, 0.25) is 0 Å². The first-order valence-corrected chi connectivity index (χ1v) is 12.5. The van der Waals surface area contributed by atoms with E-state index in [-0.39, 0.29) is 24.2 Å². The van der Waals surface area contributed by atoms with E-state index in [1.54, 1.807) is 4.90 Å². The van der Waals surface area contributed by atoms with Gasteiger partial charge in [-0.3, -0.25) is 9.69 Å². The maximum atomic E-state index is 13.2. The third-order valence-electron chi connectivity index (χ3n) is 6.91. The molecular formula is C28H38N2O4. The van der Waals surface area contributed by atoms with E-state index in [1.165, 1.54) is 5.56 Å². The molecule has 2 heterocycles. The van der Waals surface area contributed by atoms with Gasteiger partial charge in [0.15, 0.2) is 0 Å². The molecule has 2 unspecified atom stereocenters. The van der Waals surface area contributed by atoms with Crippen molar-refractivity contribution in [2.24, 2.45) is 5.92 Å². The van der Waals surface area contributed by atoms with Crippen LogP contribution < -0.4 is 4.74 Å². The lowest BCUT2D eigenvalue weighted by Crippen LogP contribution is -2.58. The van der Waals surface area contributed by atoms with Gasteiger partial charge >= 0.3 is 0 Å². The van der Waals surface area contributed by atoms with Crippen molar-refractivity contribution < 1.29 is 19.4 Å². The van der Waals surface area contributed by atoms with Crippen LogP contribution in [0.1, 0.15) is 54.6 Å². The van der Waals surface area contributed by atoms with Crippen LogP contribution in [-0.4, -0.2) is 65.5 Å². The molecule has 4 rings (SSSR count). The molecule has 34 heavy (non-hydrogen) atoms. The largest absolute Gasteiger partial charge is 0.491 e. The number of aliphatic hydroxyl groups excluding tert-OH is 1. The van der Waals surface area contributed by atoms with E-state index >= 15 is 0 Å². The van der Waals surface area contributed by atoms with Gasteiger partial charge in [0.05, 0.1) is 11.7 Å². The Bertz CT molecular complexity index is 954. The van der Waals surface area contributed by atoms with E-state index in [9.17, 15) is 9.90 Å². The smallest absolute Gasteiger partial charge is 0.255 e. The van der Waals surface area contributed by atoms with Gasteiger partial charge < -0.3 is 19.5 Å². The molecule has 0 aliphatic carbocycles. The Morgan fingerprint density at radius 3 is 2.68 bits per heavy atom. The van der Waals surface area contributed by atoms with Gasteiger partial charge in [-0.2, -0.15) is 0 Å².